The van der Waals surface area contributed by atoms with Crippen molar-refractivity contribution < 1.29 is 14.2 Å². The molecule has 1 aliphatic heterocycles. The summed E-state index contributed by atoms with van der Waals surface area (Å²) in [5.41, 5.74) is 3.21. The van der Waals surface area contributed by atoms with E-state index < -0.39 is 6.10 Å². The number of hydrogen-bond acceptors (Lipinski definition) is 4. The molecule has 2 N–H and O–H groups in total. The second-order valence-electron chi connectivity index (χ2n) is 8.75. The number of hydrogen-bond donors (Lipinski definition) is 2. The Morgan fingerprint density at radius 2 is 2.03 bits per heavy atom. The van der Waals surface area contributed by atoms with Gasteiger partial charge in [-0.3, -0.25) is 9.88 Å². The molecular weight excluding hydrogens is 381 g/mol. The van der Waals surface area contributed by atoms with Crippen molar-refractivity contribution in [2.24, 2.45) is 11.8 Å². The molecule has 0 unspecified atom stereocenters. The zero-order chi connectivity index (χ0) is 20.7. The van der Waals surface area contributed by atoms with Crippen LogP contribution in [0.3, 0.4) is 0 Å². The molecule has 1 saturated heterocycles. The van der Waals surface area contributed by atoms with Crippen molar-refractivity contribution >= 4 is 10.9 Å². The van der Waals surface area contributed by atoms with Crippen molar-refractivity contribution in [3.63, 3.8) is 0 Å². The summed E-state index contributed by atoms with van der Waals surface area (Å²) in [6.45, 7) is 4.91. The van der Waals surface area contributed by atoms with Gasteiger partial charge in [0.15, 0.2) is 0 Å². The third-order valence-electron chi connectivity index (χ3n) is 6.81. The highest BCUT2D eigenvalue weighted by atomic mass is 19.1. The number of rotatable bonds is 5. The molecule has 5 rings (SSSR count). The minimum absolute atomic E-state index is 0.235. The summed E-state index contributed by atoms with van der Waals surface area (Å²) < 4.78 is 19.7. The first kappa shape index (κ1) is 19.5. The van der Waals surface area contributed by atoms with Crippen molar-refractivity contribution in [3.8, 4) is 5.75 Å². The predicted octanol–water partition coefficient (Wildman–Crippen LogP) is 3.91. The maximum absolute atomic E-state index is 13.5. The summed E-state index contributed by atoms with van der Waals surface area (Å²) in [7, 11) is 0. The number of aliphatic hydroxyl groups is 1. The van der Waals surface area contributed by atoms with Gasteiger partial charge in [-0.1, -0.05) is 6.92 Å². The van der Waals surface area contributed by atoms with Gasteiger partial charge in [-0.2, -0.15) is 0 Å². The molecule has 4 atom stereocenters. The van der Waals surface area contributed by atoms with Crippen LogP contribution in [0, 0.1) is 17.7 Å². The Labute approximate surface area is 175 Å². The van der Waals surface area contributed by atoms with Crippen LogP contribution in [0.25, 0.3) is 10.9 Å². The van der Waals surface area contributed by atoms with Gasteiger partial charge in [-0.05, 0) is 66.5 Å². The highest BCUT2D eigenvalue weighted by Gasteiger charge is 2.42. The number of aromatic amines is 1. The second-order valence-corrected chi connectivity index (χ2v) is 8.75. The van der Waals surface area contributed by atoms with Gasteiger partial charge >= 0.3 is 0 Å². The van der Waals surface area contributed by atoms with E-state index in [1.165, 1.54) is 23.1 Å². The maximum atomic E-state index is 13.5. The minimum Gasteiger partial charge on any atom is -0.487 e. The predicted molar refractivity (Wildman–Crippen MR) is 114 cm³/mol. The summed E-state index contributed by atoms with van der Waals surface area (Å²) in [6, 6.07) is 6.72. The molecule has 3 heterocycles. The number of ether oxygens (including phenoxy) is 1. The molecule has 0 bridgehead atoms. The average molecular weight is 410 g/mol. The first-order valence-corrected chi connectivity index (χ1v) is 10.9. The molecule has 1 aromatic carbocycles. The molecule has 1 aliphatic carbocycles. The standard InChI is InChI=1S/C24H28FN3O2/c1-2-15-7-19(25)3-4-23(15)30-24-9-17-13-28(12-16(17)8-22(24)29)14-18-10-27-21-11-26-6-5-20(18)21/h3-7,10-11,16-17,22,24,27,29H,2,8-9,12-14H2,1H3/t16-,17+,22+,24+/m0/s1. The van der Waals surface area contributed by atoms with Crippen molar-refractivity contribution in [2.45, 2.75) is 44.9 Å². The number of fused-ring (bicyclic) bond motifs is 2. The molecule has 2 aliphatic rings. The number of nitrogens with zero attached hydrogens (tertiary/aromatic N) is 2. The summed E-state index contributed by atoms with van der Waals surface area (Å²) in [5, 5.41) is 12.0. The van der Waals surface area contributed by atoms with E-state index in [0.717, 1.165) is 43.6 Å². The molecular formula is C24H28FN3O2. The van der Waals surface area contributed by atoms with E-state index in [1.807, 2.05) is 19.3 Å². The fourth-order valence-electron chi connectivity index (χ4n) is 5.25. The third kappa shape index (κ3) is 3.70. The lowest BCUT2D eigenvalue weighted by Gasteiger charge is -2.35. The van der Waals surface area contributed by atoms with Crippen LogP contribution in [0.2, 0.25) is 0 Å². The van der Waals surface area contributed by atoms with Crippen LogP contribution in [0.4, 0.5) is 4.39 Å². The fourth-order valence-corrected chi connectivity index (χ4v) is 5.25. The van der Waals surface area contributed by atoms with Crippen LogP contribution in [-0.4, -0.2) is 45.3 Å². The SMILES string of the molecule is CCc1cc(F)ccc1O[C@@H]1C[C@@H]2CN(Cc3c[nH]c4cnccc34)C[C@@H]2C[C@H]1O. The van der Waals surface area contributed by atoms with E-state index in [0.29, 0.717) is 24.0 Å². The molecule has 0 spiro atoms. The number of pyridine rings is 1. The summed E-state index contributed by atoms with van der Waals surface area (Å²) in [5.74, 6) is 1.45. The van der Waals surface area contributed by atoms with Crippen molar-refractivity contribution in [2.75, 3.05) is 13.1 Å². The minimum atomic E-state index is -0.486. The summed E-state index contributed by atoms with van der Waals surface area (Å²) >= 11 is 0. The lowest BCUT2D eigenvalue weighted by molar-refractivity contribution is -0.0235. The first-order chi connectivity index (χ1) is 14.6. The van der Waals surface area contributed by atoms with Crippen LogP contribution in [0.1, 0.15) is 30.9 Å². The van der Waals surface area contributed by atoms with Crippen LogP contribution in [0.5, 0.6) is 5.75 Å². The van der Waals surface area contributed by atoms with Gasteiger partial charge in [0.1, 0.15) is 17.7 Å². The maximum Gasteiger partial charge on any atom is 0.125 e. The topological polar surface area (TPSA) is 61.4 Å². The quantitative estimate of drug-likeness (QED) is 0.671. The van der Waals surface area contributed by atoms with Crippen LogP contribution >= 0.6 is 0 Å². The average Bonchev–Trinajstić information content (AvgIpc) is 3.33. The Morgan fingerprint density at radius 3 is 2.87 bits per heavy atom. The molecule has 2 fully saturated rings. The van der Waals surface area contributed by atoms with Crippen molar-refractivity contribution in [1.29, 1.82) is 0 Å². The lowest BCUT2D eigenvalue weighted by Crippen LogP contribution is -2.42. The van der Waals surface area contributed by atoms with E-state index >= 15 is 0 Å². The van der Waals surface area contributed by atoms with Gasteiger partial charge < -0.3 is 14.8 Å². The number of H-pyrrole nitrogens is 1. The first-order valence-electron chi connectivity index (χ1n) is 10.9. The Kier molecular flexibility index (Phi) is 5.21. The van der Waals surface area contributed by atoms with Crippen LogP contribution in [0.15, 0.2) is 42.9 Å². The molecule has 1 saturated carbocycles. The Balaban J connectivity index is 1.26. The highest BCUT2D eigenvalue weighted by Crippen LogP contribution is 2.39. The smallest absolute Gasteiger partial charge is 0.125 e. The monoisotopic (exact) mass is 409 g/mol. The Bertz CT molecular complexity index is 1040. The van der Waals surface area contributed by atoms with Gasteiger partial charge in [0.2, 0.25) is 0 Å². The number of likely N-dealkylation sites (tertiary alicyclic amines) is 1. The number of aromatic nitrogens is 2. The fraction of sp³-hybridized carbons (Fsp3) is 0.458. The third-order valence-corrected chi connectivity index (χ3v) is 6.81. The molecule has 2 aromatic heterocycles. The highest BCUT2D eigenvalue weighted by molar-refractivity contribution is 5.82. The van der Waals surface area contributed by atoms with Crippen LogP contribution in [-0.2, 0) is 13.0 Å². The largest absolute Gasteiger partial charge is 0.487 e. The van der Waals surface area contributed by atoms with E-state index in [2.05, 4.69) is 27.1 Å². The Hall–Kier alpha value is -2.44. The van der Waals surface area contributed by atoms with E-state index in [9.17, 15) is 9.50 Å². The van der Waals surface area contributed by atoms with Gasteiger partial charge in [-0.25, -0.2) is 4.39 Å². The number of benzene rings is 1. The number of halogens is 1. The summed E-state index contributed by atoms with van der Waals surface area (Å²) in [4.78, 5) is 9.97. The molecule has 0 amide bonds. The zero-order valence-electron chi connectivity index (χ0n) is 17.2. The second kappa shape index (κ2) is 8.00. The molecule has 5 nitrogen and oxygen atoms in total. The zero-order valence-corrected chi connectivity index (χ0v) is 17.2. The van der Waals surface area contributed by atoms with E-state index in [4.69, 9.17) is 4.74 Å². The number of aliphatic hydroxyl groups excluding tert-OH is 1. The molecule has 6 heteroatoms. The van der Waals surface area contributed by atoms with Gasteiger partial charge in [0.25, 0.3) is 0 Å². The van der Waals surface area contributed by atoms with Crippen molar-refractivity contribution in [3.05, 3.63) is 59.8 Å². The van der Waals surface area contributed by atoms with E-state index in [-0.39, 0.29) is 11.9 Å². The summed E-state index contributed by atoms with van der Waals surface area (Å²) in [6.07, 6.45) is 7.35. The number of nitrogens with one attached hydrogen (secondary N) is 1. The molecule has 30 heavy (non-hydrogen) atoms. The normalized spacial score (nSPS) is 26.8. The van der Waals surface area contributed by atoms with Crippen LogP contribution < -0.4 is 4.74 Å². The molecule has 3 aromatic rings. The van der Waals surface area contributed by atoms with Crippen molar-refractivity contribution in [1.82, 2.24) is 14.9 Å². The lowest BCUT2D eigenvalue weighted by atomic mass is 9.78. The van der Waals surface area contributed by atoms with Gasteiger partial charge in [0.05, 0.1) is 17.8 Å². The molecule has 0 radical (unpaired) electrons. The number of aryl methyl sites for hydroxylation is 1. The van der Waals surface area contributed by atoms with Gasteiger partial charge in [0, 0.05) is 37.4 Å². The van der Waals surface area contributed by atoms with Gasteiger partial charge in [-0.15, -0.1) is 0 Å². The van der Waals surface area contributed by atoms with E-state index in [1.54, 1.807) is 6.07 Å². The molecule has 158 valence electrons. The Morgan fingerprint density at radius 1 is 1.20 bits per heavy atom.